The standard InChI is InChI=1S/C14H14Cl2O/c1-8-7-9(2)13(10(8)3)17-14-11(15)5-4-6-12(14)16/h4-7,9H,1-3H3. The lowest BCUT2D eigenvalue weighted by Crippen LogP contribution is -2.03. The first kappa shape index (κ1) is 12.5. The Kier molecular flexibility index (Phi) is 3.50. The highest BCUT2D eigenvalue weighted by Crippen LogP contribution is 2.38. The predicted octanol–water partition coefficient (Wildman–Crippen LogP) is 5.24. The molecule has 0 saturated heterocycles. The van der Waals surface area contributed by atoms with Crippen molar-refractivity contribution in [3.8, 4) is 5.75 Å². The number of hydrogen-bond donors (Lipinski definition) is 0. The lowest BCUT2D eigenvalue weighted by Gasteiger charge is -2.14. The Morgan fingerprint density at radius 1 is 1.12 bits per heavy atom. The molecule has 1 unspecified atom stereocenters. The van der Waals surface area contributed by atoms with E-state index in [-0.39, 0.29) is 5.92 Å². The molecule has 1 atom stereocenters. The van der Waals surface area contributed by atoms with Crippen LogP contribution in [0.2, 0.25) is 10.0 Å². The maximum absolute atomic E-state index is 6.09. The van der Waals surface area contributed by atoms with E-state index in [9.17, 15) is 0 Å². The smallest absolute Gasteiger partial charge is 0.164 e. The number of allylic oxidation sites excluding steroid dienone is 3. The van der Waals surface area contributed by atoms with Crippen LogP contribution in [0.1, 0.15) is 20.8 Å². The fourth-order valence-electron chi connectivity index (χ4n) is 1.97. The van der Waals surface area contributed by atoms with E-state index in [1.807, 2.05) is 0 Å². The molecule has 0 radical (unpaired) electrons. The predicted molar refractivity (Wildman–Crippen MR) is 72.7 cm³/mol. The Morgan fingerprint density at radius 2 is 1.71 bits per heavy atom. The third kappa shape index (κ3) is 2.36. The van der Waals surface area contributed by atoms with Crippen molar-refractivity contribution in [2.24, 2.45) is 5.92 Å². The zero-order valence-corrected chi connectivity index (χ0v) is 11.6. The minimum absolute atomic E-state index is 0.266. The third-order valence-electron chi connectivity index (χ3n) is 3.01. The van der Waals surface area contributed by atoms with Crippen molar-refractivity contribution in [2.45, 2.75) is 20.8 Å². The second-order valence-electron chi connectivity index (χ2n) is 4.28. The Hall–Kier alpha value is -0.920. The maximum atomic E-state index is 6.09. The summed E-state index contributed by atoms with van der Waals surface area (Å²) in [4.78, 5) is 0. The highest BCUT2D eigenvalue weighted by molar-refractivity contribution is 6.37. The summed E-state index contributed by atoms with van der Waals surface area (Å²) in [6.07, 6.45) is 2.18. The second-order valence-corrected chi connectivity index (χ2v) is 5.09. The van der Waals surface area contributed by atoms with E-state index in [0.29, 0.717) is 15.8 Å². The lowest BCUT2D eigenvalue weighted by atomic mass is 10.1. The SMILES string of the molecule is CC1=CC(C)C(Oc2c(Cl)cccc2Cl)=C1C. The van der Waals surface area contributed by atoms with Gasteiger partial charge in [-0.15, -0.1) is 0 Å². The van der Waals surface area contributed by atoms with Gasteiger partial charge in [0.2, 0.25) is 0 Å². The van der Waals surface area contributed by atoms with Gasteiger partial charge >= 0.3 is 0 Å². The molecule has 0 aromatic heterocycles. The van der Waals surface area contributed by atoms with Crippen LogP contribution in [-0.4, -0.2) is 0 Å². The van der Waals surface area contributed by atoms with Crippen LogP contribution >= 0.6 is 23.2 Å². The average molecular weight is 269 g/mol. The summed E-state index contributed by atoms with van der Waals surface area (Å²) in [6.45, 7) is 6.23. The highest BCUT2D eigenvalue weighted by atomic mass is 35.5. The van der Waals surface area contributed by atoms with Crippen LogP contribution in [0.3, 0.4) is 0 Å². The average Bonchev–Trinajstić information content (AvgIpc) is 2.49. The van der Waals surface area contributed by atoms with E-state index in [2.05, 4.69) is 26.8 Å². The molecule has 0 aliphatic heterocycles. The number of rotatable bonds is 2. The molecule has 1 aromatic carbocycles. The van der Waals surface area contributed by atoms with Crippen molar-refractivity contribution >= 4 is 23.2 Å². The number of para-hydroxylation sites is 1. The summed E-state index contributed by atoms with van der Waals surface area (Å²) in [7, 11) is 0. The summed E-state index contributed by atoms with van der Waals surface area (Å²) in [6, 6.07) is 5.36. The van der Waals surface area contributed by atoms with Crippen molar-refractivity contribution in [2.75, 3.05) is 0 Å². The maximum Gasteiger partial charge on any atom is 0.164 e. The molecule has 1 aliphatic rings. The zero-order valence-electron chi connectivity index (χ0n) is 10.1. The molecule has 0 bridgehead atoms. The highest BCUT2D eigenvalue weighted by Gasteiger charge is 2.21. The van der Waals surface area contributed by atoms with Crippen LogP contribution in [0, 0.1) is 5.92 Å². The minimum atomic E-state index is 0.266. The Morgan fingerprint density at radius 3 is 2.18 bits per heavy atom. The molecule has 2 rings (SSSR count). The number of ether oxygens (including phenoxy) is 1. The minimum Gasteiger partial charge on any atom is -0.458 e. The van der Waals surface area contributed by atoms with Crippen LogP contribution in [-0.2, 0) is 0 Å². The molecule has 1 nitrogen and oxygen atoms in total. The summed E-state index contributed by atoms with van der Waals surface area (Å²) in [5.41, 5.74) is 2.41. The molecule has 0 heterocycles. The van der Waals surface area contributed by atoms with E-state index < -0.39 is 0 Å². The molecule has 1 aliphatic carbocycles. The topological polar surface area (TPSA) is 9.23 Å². The van der Waals surface area contributed by atoms with Crippen LogP contribution in [0.4, 0.5) is 0 Å². The first-order valence-electron chi connectivity index (χ1n) is 5.52. The van der Waals surface area contributed by atoms with Crippen molar-refractivity contribution in [1.29, 1.82) is 0 Å². The van der Waals surface area contributed by atoms with Gasteiger partial charge in [-0.25, -0.2) is 0 Å². The fraction of sp³-hybridized carbons (Fsp3) is 0.286. The van der Waals surface area contributed by atoms with E-state index >= 15 is 0 Å². The Balaban J connectivity index is 2.35. The molecule has 0 N–H and O–H groups in total. The van der Waals surface area contributed by atoms with Crippen LogP contribution in [0.15, 0.2) is 41.2 Å². The summed E-state index contributed by atoms with van der Waals surface area (Å²) in [5, 5.41) is 1.07. The Labute approximate surface area is 112 Å². The molecule has 3 heteroatoms. The van der Waals surface area contributed by atoms with Crippen LogP contribution in [0.5, 0.6) is 5.75 Å². The summed E-state index contributed by atoms with van der Waals surface area (Å²) in [5.74, 6) is 1.74. The van der Waals surface area contributed by atoms with Crippen molar-refractivity contribution in [1.82, 2.24) is 0 Å². The molecule has 1 aromatic rings. The van der Waals surface area contributed by atoms with Crippen LogP contribution < -0.4 is 4.74 Å². The first-order valence-corrected chi connectivity index (χ1v) is 6.27. The van der Waals surface area contributed by atoms with Crippen molar-refractivity contribution < 1.29 is 4.74 Å². The number of benzene rings is 1. The van der Waals surface area contributed by atoms with Gasteiger partial charge in [-0.1, -0.05) is 42.3 Å². The molecular weight excluding hydrogens is 255 g/mol. The number of halogens is 2. The van der Waals surface area contributed by atoms with Crippen molar-refractivity contribution in [3.05, 3.63) is 51.2 Å². The van der Waals surface area contributed by atoms with E-state index in [4.69, 9.17) is 27.9 Å². The van der Waals surface area contributed by atoms with Gasteiger partial charge in [0.25, 0.3) is 0 Å². The van der Waals surface area contributed by atoms with Crippen molar-refractivity contribution in [3.63, 3.8) is 0 Å². The van der Waals surface area contributed by atoms with Gasteiger partial charge in [-0.05, 0) is 37.1 Å². The summed E-state index contributed by atoms with van der Waals surface area (Å²) >= 11 is 12.2. The zero-order chi connectivity index (χ0) is 12.6. The van der Waals surface area contributed by atoms with E-state index in [1.165, 1.54) is 5.57 Å². The van der Waals surface area contributed by atoms with Crippen LogP contribution in [0.25, 0.3) is 0 Å². The Bertz CT molecular complexity index is 495. The van der Waals surface area contributed by atoms with Gasteiger partial charge in [-0.2, -0.15) is 0 Å². The van der Waals surface area contributed by atoms with Gasteiger partial charge in [0.1, 0.15) is 5.76 Å². The monoisotopic (exact) mass is 268 g/mol. The molecule has 0 fully saturated rings. The molecule has 0 spiro atoms. The van der Waals surface area contributed by atoms with Gasteiger partial charge in [0.15, 0.2) is 5.75 Å². The van der Waals surface area contributed by atoms with Gasteiger partial charge in [0.05, 0.1) is 10.0 Å². The molecule has 0 amide bonds. The fourth-order valence-corrected chi connectivity index (χ4v) is 2.45. The molecule has 17 heavy (non-hydrogen) atoms. The largest absolute Gasteiger partial charge is 0.458 e. The van der Waals surface area contributed by atoms with Gasteiger partial charge < -0.3 is 4.74 Å². The lowest BCUT2D eigenvalue weighted by molar-refractivity contribution is 0.382. The third-order valence-corrected chi connectivity index (χ3v) is 3.60. The van der Waals surface area contributed by atoms with Gasteiger partial charge in [-0.3, -0.25) is 0 Å². The summed E-state index contributed by atoms with van der Waals surface area (Å²) < 4.78 is 5.90. The molecular formula is C14H14Cl2O. The van der Waals surface area contributed by atoms with E-state index in [0.717, 1.165) is 11.3 Å². The van der Waals surface area contributed by atoms with Gasteiger partial charge in [0, 0.05) is 5.92 Å². The van der Waals surface area contributed by atoms with E-state index in [1.54, 1.807) is 18.2 Å². The second kappa shape index (κ2) is 4.75. The molecule has 90 valence electrons. The first-order chi connectivity index (χ1) is 8.00. The normalized spacial score (nSPS) is 19.6. The number of hydrogen-bond acceptors (Lipinski definition) is 1. The molecule has 0 saturated carbocycles. The quantitative estimate of drug-likeness (QED) is 0.713.